The molecular formula is C27H29ClN2O2S. The van der Waals surface area contributed by atoms with E-state index in [2.05, 4.69) is 11.4 Å². The fourth-order valence-electron chi connectivity index (χ4n) is 4.41. The maximum Gasteiger partial charge on any atom is 0.243 e. The molecule has 1 aromatic heterocycles. The Kier molecular flexibility index (Phi) is 7.51. The molecule has 172 valence electrons. The van der Waals surface area contributed by atoms with Gasteiger partial charge in [0.25, 0.3) is 0 Å². The highest BCUT2D eigenvalue weighted by Gasteiger charge is 2.34. The van der Waals surface area contributed by atoms with Crippen molar-refractivity contribution < 1.29 is 9.59 Å². The summed E-state index contributed by atoms with van der Waals surface area (Å²) < 4.78 is 0. The lowest BCUT2D eigenvalue weighted by atomic mass is 9.93. The molecule has 0 aliphatic carbocycles. The smallest absolute Gasteiger partial charge is 0.243 e. The third kappa shape index (κ3) is 5.31. The SMILES string of the molecule is CCC(C)N(CC(=O)N1CCc2sccc2C1c1ccc(Cl)cc1)C(=O)Cc1ccccc1. The molecule has 1 aliphatic heterocycles. The lowest BCUT2D eigenvalue weighted by Crippen LogP contribution is -2.49. The van der Waals surface area contributed by atoms with Gasteiger partial charge in [0.2, 0.25) is 11.8 Å². The summed E-state index contributed by atoms with van der Waals surface area (Å²) in [4.78, 5) is 31.9. The molecule has 6 heteroatoms. The van der Waals surface area contributed by atoms with Crippen LogP contribution in [-0.4, -0.2) is 40.7 Å². The van der Waals surface area contributed by atoms with Gasteiger partial charge in [-0.2, -0.15) is 0 Å². The number of benzene rings is 2. The summed E-state index contributed by atoms with van der Waals surface area (Å²) in [5, 5.41) is 2.77. The van der Waals surface area contributed by atoms with Gasteiger partial charge in [-0.25, -0.2) is 0 Å². The van der Waals surface area contributed by atoms with Crippen molar-refractivity contribution in [2.24, 2.45) is 0 Å². The molecule has 1 aliphatic rings. The Labute approximate surface area is 204 Å². The zero-order valence-corrected chi connectivity index (χ0v) is 20.6. The van der Waals surface area contributed by atoms with Crippen LogP contribution >= 0.6 is 22.9 Å². The number of carbonyl (C=O) groups is 2. The number of hydrogen-bond donors (Lipinski definition) is 0. The summed E-state index contributed by atoms with van der Waals surface area (Å²) in [6.07, 6.45) is 1.93. The molecule has 2 heterocycles. The molecule has 0 N–H and O–H groups in total. The molecule has 33 heavy (non-hydrogen) atoms. The molecule has 2 atom stereocenters. The van der Waals surface area contributed by atoms with Crippen molar-refractivity contribution in [1.29, 1.82) is 0 Å². The Hall–Kier alpha value is -2.63. The van der Waals surface area contributed by atoms with Crippen LogP contribution in [0.4, 0.5) is 0 Å². The van der Waals surface area contributed by atoms with E-state index in [1.807, 2.05) is 73.3 Å². The van der Waals surface area contributed by atoms with E-state index in [-0.39, 0.29) is 30.4 Å². The van der Waals surface area contributed by atoms with Gasteiger partial charge in [-0.1, -0.05) is 61.0 Å². The molecule has 0 bridgehead atoms. The van der Waals surface area contributed by atoms with Gasteiger partial charge < -0.3 is 9.80 Å². The first-order chi connectivity index (χ1) is 16.0. The van der Waals surface area contributed by atoms with Crippen LogP contribution in [0.25, 0.3) is 0 Å². The van der Waals surface area contributed by atoms with E-state index < -0.39 is 0 Å². The van der Waals surface area contributed by atoms with Gasteiger partial charge >= 0.3 is 0 Å². The van der Waals surface area contributed by atoms with Gasteiger partial charge in [-0.05, 0) is 60.0 Å². The highest BCUT2D eigenvalue weighted by Crippen LogP contribution is 2.38. The van der Waals surface area contributed by atoms with E-state index in [0.717, 1.165) is 24.0 Å². The summed E-state index contributed by atoms with van der Waals surface area (Å²) in [5.41, 5.74) is 3.17. The highest BCUT2D eigenvalue weighted by atomic mass is 35.5. The van der Waals surface area contributed by atoms with Crippen LogP contribution in [0.2, 0.25) is 5.02 Å². The Morgan fingerprint density at radius 3 is 2.55 bits per heavy atom. The van der Waals surface area contributed by atoms with Crippen molar-refractivity contribution in [2.45, 2.75) is 45.2 Å². The third-order valence-corrected chi connectivity index (χ3v) is 7.67. The fraction of sp³-hybridized carbons (Fsp3) is 0.333. The van der Waals surface area contributed by atoms with E-state index in [4.69, 9.17) is 11.6 Å². The Bertz CT molecular complexity index is 1100. The maximum absolute atomic E-state index is 13.7. The Morgan fingerprint density at radius 1 is 1.12 bits per heavy atom. The van der Waals surface area contributed by atoms with Crippen molar-refractivity contribution in [1.82, 2.24) is 9.80 Å². The first-order valence-electron chi connectivity index (χ1n) is 11.4. The van der Waals surface area contributed by atoms with E-state index >= 15 is 0 Å². The van der Waals surface area contributed by atoms with Gasteiger partial charge in [0.05, 0.1) is 12.5 Å². The number of fused-ring (bicyclic) bond motifs is 1. The van der Waals surface area contributed by atoms with Crippen LogP contribution in [0, 0.1) is 0 Å². The predicted octanol–water partition coefficient (Wildman–Crippen LogP) is 5.75. The topological polar surface area (TPSA) is 40.6 Å². The largest absolute Gasteiger partial charge is 0.330 e. The predicted molar refractivity (Wildman–Crippen MR) is 135 cm³/mol. The molecule has 0 radical (unpaired) electrons. The zero-order valence-electron chi connectivity index (χ0n) is 19.0. The van der Waals surface area contributed by atoms with Crippen LogP contribution in [0.1, 0.15) is 47.9 Å². The molecule has 4 nitrogen and oxygen atoms in total. The maximum atomic E-state index is 13.7. The molecule has 0 spiro atoms. The van der Waals surface area contributed by atoms with Crippen LogP contribution in [0.15, 0.2) is 66.0 Å². The van der Waals surface area contributed by atoms with E-state index in [0.29, 0.717) is 18.0 Å². The number of nitrogens with zero attached hydrogens (tertiary/aromatic N) is 2. The zero-order chi connectivity index (χ0) is 23.4. The molecule has 3 aromatic rings. The molecule has 4 rings (SSSR count). The van der Waals surface area contributed by atoms with Gasteiger partial charge in [-0.15, -0.1) is 11.3 Å². The van der Waals surface area contributed by atoms with Crippen LogP contribution in [0.5, 0.6) is 0 Å². The van der Waals surface area contributed by atoms with Crippen molar-refractivity contribution in [2.75, 3.05) is 13.1 Å². The number of halogens is 1. The molecule has 2 amide bonds. The lowest BCUT2D eigenvalue weighted by Gasteiger charge is -2.38. The van der Waals surface area contributed by atoms with E-state index in [1.54, 1.807) is 16.2 Å². The summed E-state index contributed by atoms with van der Waals surface area (Å²) in [7, 11) is 0. The standard InChI is InChI=1S/C27H29ClN2O2S/c1-3-19(2)30(25(31)17-20-7-5-4-6-8-20)18-26(32)29-15-13-24-23(14-16-33-24)27(29)21-9-11-22(28)12-10-21/h4-12,14,16,19,27H,3,13,15,17-18H2,1-2H3. The molecule has 0 fully saturated rings. The quantitative estimate of drug-likeness (QED) is 0.432. The van der Waals surface area contributed by atoms with Gasteiger partial charge in [-0.3, -0.25) is 9.59 Å². The van der Waals surface area contributed by atoms with Crippen molar-refractivity contribution in [3.8, 4) is 0 Å². The van der Waals surface area contributed by atoms with Crippen LogP contribution < -0.4 is 0 Å². The number of amides is 2. The van der Waals surface area contributed by atoms with Crippen LogP contribution in [0.3, 0.4) is 0 Å². The van der Waals surface area contributed by atoms with E-state index in [1.165, 1.54) is 10.4 Å². The van der Waals surface area contributed by atoms with E-state index in [9.17, 15) is 9.59 Å². The number of rotatable bonds is 7. The summed E-state index contributed by atoms with van der Waals surface area (Å²) in [6.45, 7) is 4.79. The second kappa shape index (κ2) is 10.5. The van der Waals surface area contributed by atoms with Crippen LogP contribution in [-0.2, 0) is 22.4 Å². The van der Waals surface area contributed by atoms with Gasteiger partial charge in [0, 0.05) is 22.5 Å². The average Bonchev–Trinajstić information content (AvgIpc) is 3.31. The van der Waals surface area contributed by atoms with Gasteiger partial charge in [0.1, 0.15) is 6.54 Å². The fourth-order valence-corrected chi connectivity index (χ4v) is 5.44. The van der Waals surface area contributed by atoms with Crippen molar-refractivity contribution in [3.63, 3.8) is 0 Å². The third-order valence-electron chi connectivity index (χ3n) is 6.42. The highest BCUT2D eigenvalue weighted by molar-refractivity contribution is 7.10. The number of thiophene rings is 1. The van der Waals surface area contributed by atoms with Crippen molar-refractivity contribution in [3.05, 3.63) is 92.6 Å². The molecular weight excluding hydrogens is 452 g/mol. The second-order valence-corrected chi connectivity index (χ2v) is 9.97. The first kappa shape index (κ1) is 23.5. The lowest BCUT2D eigenvalue weighted by molar-refractivity contribution is -0.143. The Balaban J connectivity index is 1.58. The number of carbonyl (C=O) groups excluding carboxylic acids is 2. The summed E-state index contributed by atoms with van der Waals surface area (Å²) >= 11 is 7.87. The second-order valence-electron chi connectivity index (χ2n) is 8.53. The van der Waals surface area contributed by atoms with Gasteiger partial charge in [0.15, 0.2) is 0 Å². The summed E-state index contributed by atoms with van der Waals surface area (Å²) in [6, 6.07) is 19.4. The monoisotopic (exact) mass is 480 g/mol. The molecule has 2 unspecified atom stereocenters. The molecule has 0 saturated carbocycles. The minimum Gasteiger partial charge on any atom is -0.330 e. The average molecular weight is 481 g/mol. The number of hydrogen-bond acceptors (Lipinski definition) is 3. The summed E-state index contributed by atoms with van der Waals surface area (Å²) in [5.74, 6) is -0.0336. The Morgan fingerprint density at radius 2 is 1.85 bits per heavy atom. The minimum absolute atomic E-state index is 0.0133. The first-order valence-corrected chi connectivity index (χ1v) is 12.7. The minimum atomic E-state index is -0.159. The molecule has 2 aromatic carbocycles. The molecule has 0 saturated heterocycles. The normalized spacial score (nSPS) is 16.2. The van der Waals surface area contributed by atoms with Crippen molar-refractivity contribution >= 4 is 34.8 Å².